The third-order valence-electron chi connectivity index (χ3n) is 1.78. The smallest absolute Gasteiger partial charge is 0.0592 e. The summed E-state index contributed by atoms with van der Waals surface area (Å²) in [7, 11) is 0. The van der Waals surface area contributed by atoms with Crippen LogP contribution in [0, 0.1) is 5.92 Å². The van der Waals surface area contributed by atoms with Crippen LogP contribution in [0.25, 0.3) is 0 Å². The Bertz CT molecular complexity index is 81.0. The molecule has 1 atom stereocenters. The van der Waals surface area contributed by atoms with Crippen molar-refractivity contribution in [3.63, 3.8) is 0 Å². The van der Waals surface area contributed by atoms with Gasteiger partial charge in [0.25, 0.3) is 0 Å². The molecule has 1 aliphatic carbocycles. The highest BCUT2D eigenvalue weighted by Crippen LogP contribution is 2.33. The highest BCUT2D eigenvalue weighted by Gasteiger charge is 2.28. The predicted molar refractivity (Wildman–Crippen MR) is 37.2 cm³/mol. The number of hydrogen-bond donors (Lipinski definition) is 1. The molecule has 2 heteroatoms. The summed E-state index contributed by atoms with van der Waals surface area (Å²) in [6.07, 6.45) is 3.16. The fourth-order valence-electron chi connectivity index (χ4n) is 0.956. The van der Waals surface area contributed by atoms with E-state index in [9.17, 15) is 0 Å². The second-order valence-corrected chi connectivity index (χ2v) is 2.70. The molecule has 54 valence electrons. The fraction of sp³-hybridized carbons (Fsp3) is 1.00. The molecule has 0 aromatic rings. The Morgan fingerprint density at radius 1 is 1.67 bits per heavy atom. The maximum absolute atomic E-state index is 5.39. The van der Waals surface area contributed by atoms with Crippen LogP contribution in [-0.2, 0) is 4.74 Å². The maximum atomic E-state index is 5.39. The Morgan fingerprint density at radius 3 is 2.78 bits per heavy atom. The average Bonchev–Trinajstić information content (AvgIpc) is 2.63. The molecule has 0 aromatic heterocycles. The monoisotopic (exact) mass is 129 g/mol. The molecule has 0 aromatic carbocycles. The highest BCUT2D eigenvalue weighted by atomic mass is 16.5. The van der Waals surface area contributed by atoms with Gasteiger partial charge in [-0.05, 0) is 25.7 Å². The lowest BCUT2D eigenvalue weighted by Crippen LogP contribution is -2.16. The van der Waals surface area contributed by atoms with Gasteiger partial charge < -0.3 is 10.5 Å². The summed E-state index contributed by atoms with van der Waals surface area (Å²) in [5, 5.41) is 0. The summed E-state index contributed by atoms with van der Waals surface area (Å²) in [6.45, 7) is 3.50. The minimum atomic E-state index is 0.452. The van der Waals surface area contributed by atoms with Crippen molar-refractivity contribution >= 4 is 0 Å². The number of ether oxygens (including phenoxy) is 1. The molecule has 0 bridgehead atoms. The SMILES string of the molecule is CC(OCCN)C1CC1. The van der Waals surface area contributed by atoms with Crippen LogP contribution in [0.2, 0.25) is 0 Å². The molecule has 1 unspecified atom stereocenters. The van der Waals surface area contributed by atoms with Gasteiger partial charge >= 0.3 is 0 Å². The van der Waals surface area contributed by atoms with Crippen molar-refractivity contribution in [3.8, 4) is 0 Å². The number of rotatable bonds is 4. The Morgan fingerprint density at radius 2 is 2.33 bits per heavy atom. The van der Waals surface area contributed by atoms with Gasteiger partial charge in [-0.2, -0.15) is 0 Å². The molecule has 0 aliphatic heterocycles. The zero-order valence-corrected chi connectivity index (χ0v) is 5.97. The van der Waals surface area contributed by atoms with Gasteiger partial charge in [-0.3, -0.25) is 0 Å². The average molecular weight is 129 g/mol. The summed E-state index contributed by atoms with van der Waals surface area (Å²) in [5.41, 5.74) is 5.27. The van der Waals surface area contributed by atoms with Crippen LogP contribution in [0.1, 0.15) is 19.8 Å². The van der Waals surface area contributed by atoms with Gasteiger partial charge in [0.1, 0.15) is 0 Å². The van der Waals surface area contributed by atoms with Crippen LogP contribution in [0.4, 0.5) is 0 Å². The lowest BCUT2D eigenvalue weighted by Gasteiger charge is -2.09. The predicted octanol–water partition coefficient (Wildman–Crippen LogP) is 0.760. The van der Waals surface area contributed by atoms with E-state index in [2.05, 4.69) is 6.92 Å². The van der Waals surface area contributed by atoms with Crippen molar-refractivity contribution in [2.45, 2.75) is 25.9 Å². The van der Waals surface area contributed by atoms with Gasteiger partial charge in [-0.15, -0.1) is 0 Å². The maximum Gasteiger partial charge on any atom is 0.0592 e. The van der Waals surface area contributed by atoms with Gasteiger partial charge in [0.05, 0.1) is 12.7 Å². The van der Waals surface area contributed by atoms with E-state index in [-0.39, 0.29) is 0 Å². The molecule has 0 radical (unpaired) electrons. The number of hydrogen-bond acceptors (Lipinski definition) is 2. The quantitative estimate of drug-likeness (QED) is 0.608. The Hall–Kier alpha value is -0.0800. The first-order chi connectivity index (χ1) is 4.34. The topological polar surface area (TPSA) is 35.2 Å². The summed E-state index contributed by atoms with van der Waals surface area (Å²) >= 11 is 0. The van der Waals surface area contributed by atoms with Gasteiger partial charge in [0, 0.05) is 6.54 Å². The molecular formula is C7H15NO. The molecule has 1 rings (SSSR count). The third-order valence-corrected chi connectivity index (χ3v) is 1.78. The summed E-state index contributed by atoms with van der Waals surface area (Å²) in [6, 6.07) is 0. The fourth-order valence-corrected chi connectivity index (χ4v) is 0.956. The second kappa shape index (κ2) is 3.18. The van der Waals surface area contributed by atoms with Crippen molar-refractivity contribution in [2.24, 2.45) is 11.7 Å². The van der Waals surface area contributed by atoms with Gasteiger partial charge in [0.2, 0.25) is 0 Å². The molecule has 2 nitrogen and oxygen atoms in total. The van der Waals surface area contributed by atoms with E-state index in [1.54, 1.807) is 0 Å². The normalized spacial score (nSPS) is 22.0. The van der Waals surface area contributed by atoms with Crippen molar-refractivity contribution in [1.82, 2.24) is 0 Å². The van der Waals surface area contributed by atoms with Crippen LogP contribution in [-0.4, -0.2) is 19.3 Å². The molecule has 0 amide bonds. The first-order valence-electron chi connectivity index (χ1n) is 3.66. The van der Waals surface area contributed by atoms with Gasteiger partial charge in [0.15, 0.2) is 0 Å². The largest absolute Gasteiger partial charge is 0.377 e. The molecule has 2 N–H and O–H groups in total. The highest BCUT2D eigenvalue weighted by molar-refractivity contribution is 4.78. The van der Waals surface area contributed by atoms with E-state index < -0.39 is 0 Å². The molecule has 1 fully saturated rings. The van der Waals surface area contributed by atoms with Crippen LogP contribution in [0.15, 0.2) is 0 Å². The molecule has 0 heterocycles. The van der Waals surface area contributed by atoms with E-state index in [1.165, 1.54) is 12.8 Å². The first kappa shape index (κ1) is 7.03. The molecular weight excluding hydrogens is 114 g/mol. The van der Waals surface area contributed by atoms with Crippen LogP contribution in [0.5, 0.6) is 0 Å². The van der Waals surface area contributed by atoms with Crippen LogP contribution in [0.3, 0.4) is 0 Å². The Labute approximate surface area is 56.4 Å². The zero-order chi connectivity index (χ0) is 6.69. The molecule has 0 spiro atoms. The van der Waals surface area contributed by atoms with Gasteiger partial charge in [-0.1, -0.05) is 0 Å². The van der Waals surface area contributed by atoms with E-state index in [4.69, 9.17) is 10.5 Å². The van der Waals surface area contributed by atoms with Crippen molar-refractivity contribution in [1.29, 1.82) is 0 Å². The molecule has 1 saturated carbocycles. The Kier molecular flexibility index (Phi) is 2.49. The lowest BCUT2D eigenvalue weighted by molar-refractivity contribution is 0.0568. The number of nitrogens with two attached hydrogens (primary N) is 1. The van der Waals surface area contributed by atoms with E-state index in [0.717, 1.165) is 12.5 Å². The van der Waals surface area contributed by atoms with E-state index in [1.807, 2.05) is 0 Å². The minimum Gasteiger partial charge on any atom is -0.377 e. The molecule has 1 aliphatic rings. The van der Waals surface area contributed by atoms with Crippen molar-refractivity contribution < 1.29 is 4.74 Å². The second-order valence-electron chi connectivity index (χ2n) is 2.70. The van der Waals surface area contributed by atoms with Crippen LogP contribution < -0.4 is 5.73 Å². The minimum absolute atomic E-state index is 0.452. The van der Waals surface area contributed by atoms with Crippen molar-refractivity contribution in [2.75, 3.05) is 13.2 Å². The Balaban J connectivity index is 1.96. The zero-order valence-electron chi connectivity index (χ0n) is 5.97. The summed E-state index contributed by atoms with van der Waals surface area (Å²) < 4.78 is 5.39. The third kappa shape index (κ3) is 2.33. The lowest BCUT2D eigenvalue weighted by atomic mass is 10.3. The first-order valence-corrected chi connectivity index (χ1v) is 3.66. The molecule has 9 heavy (non-hydrogen) atoms. The van der Waals surface area contributed by atoms with Gasteiger partial charge in [-0.25, -0.2) is 0 Å². The van der Waals surface area contributed by atoms with Crippen LogP contribution >= 0.6 is 0 Å². The van der Waals surface area contributed by atoms with E-state index >= 15 is 0 Å². The summed E-state index contributed by atoms with van der Waals surface area (Å²) in [5.74, 6) is 0.844. The summed E-state index contributed by atoms with van der Waals surface area (Å²) in [4.78, 5) is 0. The van der Waals surface area contributed by atoms with E-state index in [0.29, 0.717) is 12.6 Å². The van der Waals surface area contributed by atoms with Crippen molar-refractivity contribution in [3.05, 3.63) is 0 Å². The molecule has 0 saturated heterocycles. The standard InChI is InChI=1S/C7H15NO/c1-6(7-2-3-7)9-5-4-8/h6-7H,2-5,8H2,1H3.